The molecule has 1 saturated heterocycles. The van der Waals surface area contributed by atoms with Crippen molar-refractivity contribution in [3.05, 3.63) is 42.5 Å². The second kappa shape index (κ2) is 7.32. The van der Waals surface area contributed by atoms with Crippen LogP contribution in [0.5, 0.6) is 11.8 Å². The van der Waals surface area contributed by atoms with Crippen LogP contribution in [0.25, 0.3) is 0 Å². The molecule has 1 aromatic carbocycles. The molecule has 2 aromatic rings. The Hall–Kier alpha value is -2.26. The average Bonchev–Trinajstić information content (AvgIpc) is 2.64. The highest BCUT2D eigenvalue weighted by atomic mass is 32.2. The number of ether oxygens (including phenoxy) is 2. The Morgan fingerprint density at radius 2 is 2.04 bits per heavy atom. The van der Waals surface area contributed by atoms with Gasteiger partial charge in [0.25, 0.3) is 0 Å². The highest BCUT2D eigenvalue weighted by Gasteiger charge is 2.31. The highest BCUT2D eigenvalue weighted by molar-refractivity contribution is 7.89. The fourth-order valence-electron chi connectivity index (χ4n) is 2.64. The molecule has 3 rings (SSSR count). The lowest BCUT2D eigenvalue weighted by molar-refractivity contribution is 0.119. The summed E-state index contributed by atoms with van der Waals surface area (Å²) >= 11 is 0. The predicted molar refractivity (Wildman–Crippen MR) is 87.4 cm³/mol. The molecule has 134 valence electrons. The molecule has 7 nitrogen and oxygen atoms in total. The van der Waals surface area contributed by atoms with Gasteiger partial charge in [0.1, 0.15) is 11.9 Å². The number of hydrogen-bond acceptors (Lipinski definition) is 6. The summed E-state index contributed by atoms with van der Waals surface area (Å²) in [6.07, 6.45) is 2.95. The normalized spacial score (nSPS) is 18.7. The van der Waals surface area contributed by atoms with Crippen LogP contribution in [0.3, 0.4) is 0 Å². The van der Waals surface area contributed by atoms with Gasteiger partial charge in [0.2, 0.25) is 10.0 Å². The van der Waals surface area contributed by atoms with Gasteiger partial charge in [-0.15, -0.1) is 0 Å². The first kappa shape index (κ1) is 17.6. The SMILES string of the molecule is COc1cccc(S(=O)(=O)N2CCCC(Oc3ncc(F)cn3)C2)c1. The molecule has 1 unspecified atom stereocenters. The van der Waals surface area contributed by atoms with E-state index in [-0.39, 0.29) is 23.6 Å². The standard InChI is InChI=1S/C16H18FN3O4S/c1-23-13-4-2-6-15(8-13)25(21,22)20-7-3-5-14(11-20)24-16-18-9-12(17)10-19-16/h2,4,6,8-10,14H,3,5,7,11H2,1H3. The average molecular weight is 367 g/mol. The second-order valence-corrected chi connectivity index (χ2v) is 7.55. The van der Waals surface area contributed by atoms with Crippen LogP contribution < -0.4 is 9.47 Å². The van der Waals surface area contributed by atoms with Crippen LogP contribution in [0.4, 0.5) is 4.39 Å². The van der Waals surface area contributed by atoms with Crippen LogP contribution in [0.1, 0.15) is 12.8 Å². The summed E-state index contributed by atoms with van der Waals surface area (Å²) in [6, 6.07) is 6.38. The molecular formula is C16H18FN3O4S. The maximum atomic E-state index is 12.9. The number of sulfonamides is 1. The Kier molecular flexibility index (Phi) is 5.14. The van der Waals surface area contributed by atoms with Gasteiger partial charge in [-0.3, -0.25) is 0 Å². The second-order valence-electron chi connectivity index (χ2n) is 5.61. The van der Waals surface area contributed by atoms with Crippen LogP contribution in [-0.4, -0.2) is 49.0 Å². The zero-order valence-corrected chi connectivity index (χ0v) is 14.4. The molecule has 0 bridgehead atoms. The van der Waals surface area contributed by atoms with Crippen molar-refractivity contribution in [2.75, 3.05) is 20.2 Å². The third kappa shape index (κ3) is 4.05. The quantitative estimate of drug-likeness (QED) is 0.802. The van der Waals surface area contributed by atoms with E-state index in [1.807, 2.05) is 0 Å². The van der Waals surface area contributed by atoms with Gasteiger partial charge < -0.3 is 9.47 Å². The van der Waals surface area contributed by atoms with E-state index in [9.17, 15) is 12.8 Å². The van der Waals surface area contributed by atoms with Gasteiger partial charge in [-0.1, -0.05) is 6.07 Å². The van der Waals surface area contributed by atoms with Gasteiger partial charge in [-0.2, -0.15) is 4.31 Å². The summed E-state index contributed by atoms with van der Waals surface area (Å²) < 4.78 is 50.6. The van der Waals surface area contributed by atoms with E-state index >= 15 is 0 Å². The number of hydrogen-bond donors (Lipinski definition) is 0. The first-order valence-corrected chi connectivity index (χ1v) is 9.21. The van der Waals surface area contributed by atoms with Crippen LogP contribution in [0.15, 0.2) is 41.6 Å². The summed E-state index contributed by atoms with van der Waals surface area (Å²) in [5, 5.41) is 0. The topological polar surface area (TPSA) is 81.6 Å². The predicted octanol–water partition coefficient (Wildman–Crippen LogP) is 1.86. The molecule has 1 atom stereocenters. The van der Waals surface area contributed by atoms with Gasteiger partial charge in [0, 0.05) is 12.6 Å². The number of benzene rings is 1. The lowest BCUT2D eigenvalue weighted by atomic mass is 10.1. The number of rotatable bonds is 5. The van der Waals surface area contributed by atoms with Crippen LogP contribution in [-0.2, 0) is 10.0 Å². The van der Waals surface area contributed by atoms with Gasteiger partial charge in [0.05, 0.1) is 30.9 Å². The van der Waals surface area contributed by atoms with E-state index in [0.29, 0.717) is 25.1 Å². The summed E-state index contributed by atoms with van der Waals surface area (Å²) in [5.74, 6) is -0.0798. The molecule has 0 spiro atoms. The first-order valence-electron chi connectivity index (χ1n) is 7.77. The van der Waals surface area contributed by atoms with Crippen molar-refractivity contribution < 1.29 is 22.3 Å². The number of nitrogens with zero attached hydrogens (tertiary/aromatic N) is 3. The van der Waals surface area contributed by atoms with Crippen LogP contribution in [0, 0.1) is 5.82 Å². The third-order valence-corrected chi connectivity index (χ3v) is 5.75. The Balaban J connectivity index is 1.74. The minimum atomic E-state index is -3.65. The number of aromatic nitrogens is 2. The molecule has 0 radical (unpaired) electrons. The molecule has 1 aliphatic rings. The molecular weight excluding hydrogens is 349 g/mol. The minimum Gasteiger partial charge on any atom is -0.497 e. The lowest BCUT2D eigenvalue weighted by Crippen LogP contribution is -2.44. The van der Waals surface area contributed by atoms with Crippen molar-refractivity contribution in [3.63, 3.8) is 0 Å². The van der Waals surface area contributed by atoms with E-state index in [2.05, 4.69) is 9.97 Å². The van der Waals surface area contributed by atoms with Gasteiger partial charge >= 0.3 is 6.01 Å². The molecule has 2 heterocycles. The lowest BCUT2D eigenvalue weighted by Gasteiger charge is -2.31. The van der Waals surface area contributed by atoms with E-state index in [4.69, 9.17) is 9.47 Å². The summed E-state index contributed by atoms with van der Waals surface area (Å²) in [6.45, 7) is 0.587. The van der Waals surface area contributed by atoms with Crippen molar-refractivity contribution in [2.45, 2.75) is 23.8 Å². The first-order chi connectivity index (χ1) is 12.0. The van der Waals surface area contributed by atoms with Crippen molar-refractivity contribution in [1.82, 2.24) is 14.3 Å². The monoisotopic (exact) mass is 367 g/mol. The Morgan fingerprint density at radius 3 is 2.76 bits per heavy atom. The Bertz CT molecular complexity index is 830. The van der Waals surface area contributed by atoms with E-state index in [1.165, 1.54) is 23.5 Å². The minimum absolute atomic E-state index is 0.0343. The molecule has 1 fully saturated rings. The number of methoxy groups -OCH3 is 1. The van der Waals surface area contributed by atoms with Gasteiger partial charge in [-0.25, -0.2) is 22.8 Å². The zero-order chi connectivity index (χ0) is 17.9. The smallest absolute Gasteiger partial charge is 0.316 e. The summed E-state index contributed by atoms with van der Waals surface area (Å²) in [7, 11) is -2.17. The molecule has 1 aliphatic heterocycles. The van der Waals surface area contributed by atoms with E-state index in [0.717, 1.165) is 12.4 Å². The Morgan fingerprint density at radius 1 is 1.28 bits per heavy atom. The Labute approximate surface area is 145 Å². The molecule has 1 aromatic heterocycles. The zero-order valence-electron chi connectivity index (χ0n) is 13.6. The van der Waals surface area contributed by atoms with E-state index < -0.39 is 15.8 Å². The maximum Gasteiger partial charge on any atom is 0.316 e. The molecule has 25 heavy (non-hydrogen) atoms. The molecule has 0 saturated carbocycles. The molecule has 0 N–H and O–H groups in total. The van der Waals surface area contributed by atoms with Crippen molar-refractivity contribution >= 4 is 10.0 Å². The molecule has 0 amide bonds. The van der Waals surface area contributed by atoms with Crippen molar-refractivity contribution in [3.8, 4) is 11.8 Å². The molecule has 9 heteroatoms. The highest BCUT2D eigenvalue weighted by Crippen LogP contribution is 2.25. The number of halogens is 1. The third-order valence-electron chi connectivity index (χ3n) is 3.89. The van der Waals surface area contributed by atoms with Crippen molar-refractivity contribution in [2.24, 2.45) is 0 Å². The van der Waals surface area contributed by atoms with Gasteiger partial charge in [-0.05, 0) is 25.0 Å². The van der Waals surface area contributed by atoms with Crippen LogP contribution in [0.2, 0.25) is 0 Å². The fourth-order valence-corrected chi connectivity index (χ4v) is 4.19. The summed E-state index contributed by atoms with van der Waals surface area (Å²) in [4.78, 5) is 7.67. The number of piperidine rings is 1. The fraction of sp³-hybridized carbons (Fsp3) is 0.375. The van der Waals surface area contributed by atoms with Crippen molar-refractivity contribution in [1.29, 1.82) is 0 Å². The van der Waals surface area contributed by atoms with Gasteiger partial charge in [0.15, 0.2) is 5.82 Å². The maximum absolute atomic E-state index is 12.9. The van der Waals surface area contributed by atoms with E-state index in [1.54, 1.807) is 12.1 Å². The molecule has 0 aliphatic carbocycles. The summed E-state index contributed by atoms with van der Waals surface area (Å²) in [5.41, 5.74) is 0. The largest absolute Gasteiger partial charge is 0.497 e. The van der Waals surface area contributed by atoms with Crippen LogP contribution >= 0.6 is 0 Å².